The topological polar surface area (TPSA) is 55.6 Å². The van der Waals surface area contributed by atoms with E-state index >= 15 is 0 Å². The third-order valence-corrected chi connectivity index (χ3v) is 4.11. The first kappa shape index (κ1) is 14.9. The van der Waals surface area contributed by atoms with Gasteiger partial charge in [0.25, 0.3) is 0 Å². The maximum atomic E-state index is 12.4. The van der Waals surface area contributed by atoms with Gasteiger partial charge in [-0.05, 0) is 29.5 Å². The van der Waals surface area contributed by atoms with Crippen molar-refractivity contribution in [3.8, 4) is 5.75 Å². The first-order valence-electron chi connectivity index (χ1n) is 7.17. The van der Waals surface area contributed by atoms with Gasteiger partial charge in [-0.3, -0.25) is 4.79 Å². The highest BCUT2D eigenvalue weighted by Gasteiger charge is 2.34. The average Bonchev–Trinajstić information content (AvgIpc) is 2.81. The van der Waals surface area contributed by atoms with Gasteiger partial charge in [0, 0.05) is 19.1 Å². The summed E-state index contributed by atoms with van der Waals surface area (Å²) in [6, 6.07) is 7.76. The van der Waals surface area contributed by atoms with Crippen LogP contribution in [0.25, 0.3) is 0 Å². The highest BCUT2D eigenvalue weighted by Crippen LogP contribution is 2.24. The highest BCUT2D eigenvalue weighted by molar-refractivity contribution is 5.79. The molecule has 2 atom stereocenters. The van der Waals surface area contributed by atoms with Crippen LogP contribution in [-0.2, 0) is 11.2 Å². The number of likely N-dealkylation sites (tertiary alicyclic amines) is 1. The molecule has 0 bridgehead atoms. The van der Waals surface area contributed by atoms with Crippen molar-refractivity contribution in [2.75, 3.05) is 20.2 Å². The summed E-state index contributed by atoms with van der Waals surface area (Å²) in [5, 5.41) is 0. The van der Waals surface area contributed by atoms with Crippen LogP contribution in [0.5, 0.6) is 5.75 Å². The summed E-state index contributed by atoms with van der Waals surface area (Å²) < 4.78 is 5.18. The minimum Gasteiger partial charge on any atom is -0.497 e. The molecule has 2 N–H and O–H groups in total. The molecule has 1 heterocycles. The molecule has 0 saturated carbocycles. The van der Waals surface area contributed by atoms with Crippen LogP contribution in [-0.4, -0.2) is 37.0 Å². The molecule has 1 fully saturated rings. The molecule has 0 spiro atoms. The van der Waals surface area contributed by atoms with Crippen LogP contribution in [0.4, 0.5) is 0 Å². The summed E-state index contributed by atoms with van der Waals surface area (Å²) in [4.78, 5) is 14.3. The number of carbonyl (C=O) groups excluding carboxylic acids is 1. The number of hydrogen-bond acceptors (Lipinski definition) is 3. The third-order valence-electron chi connectivity index (χ3n) is 4.11. The molecule has 4 heteroatoms. The molecular weight excluding hydrogens is 252 g/mol. The molecule has 4 nitrogen and oxygen atoms in total. The maximum absolute atomic E-state index is 12.4. The second-order valence-electron chi connectivity index (χ2n) is 5.90. The number of nitrogens with two attached hydrogens (primary N) is 1. The minimum atomic E-state index is 0.101. The molecule has 1 aromatic rings. The molecule has 1 aromatic carbocycles. The minimum absolute atomic E-state index is 0.101. The molecule has 0 aromatic heterocycles. The maximum Gasteiger partial charge on any atom is 0.227 e. The van der Waals surface area contributed by atoms with Crippen LogP contribution < -0.4 is 10.5 Å². The first-order valence-corrected chi connectivity index (χ1v) is 7.17. The van der Waals surface area contributed by atoms with Gasteiger partial charge in [0.05, 0.1) is 13.5 Å². The third kappa shape index (κ3) is 3.31. The van der Waals surface area contributed by atoms with Crippen LogP contribution >= 0.6 is 0 Å². The zero-order valence-electron chi connectivity index (χ0n) is 12.5. The molecule has 0 radical (unpaired) electrons. The number of hydrogen-bond donors (Lipinski definition) is 1. The normalized spacial score (nSPS) is 22.4. The van der Waals surface area contributed by atoms with Crippen molar-refractivity contribution in [1.29, 1.82) is 0 Å². The lowest BCUT2D eigenvalue weighted by molar-refractivity contribution is -0.129. The van der Waals surface area contributed by atoms with Crippen LogP contribution in [0.1, 0.15) is 19.4 Å². The average molecular weight is 276 g/mol. The Morgan fingerprint density at radius 1 is 1.45 bits per heavy atom. The van der Waals surface area contributed by atoms with Crippen molar-refractivity contribution in [2.24, 2.45) is 17.6 Å². The number of nitrogens with zero attached hydrogens (tertiary/aromatic N) is 1. The largest absolute Gasteiger partial charge is 0.497 e. The molecule has 0 aliphatic carbocycles. The molecule has 1 amide bonds. The number of benzene rings is 1. The van der Waals surface area contributed by atoms with E-state index in [2.05, 4.69) is 13.8 Å². The van der Waals surface area contributed by atoms with Crippen molar-refractivity contribution < 1.29 is 9.53 Å². The molecule has 110 valence electrons. The second-order valence-corrected chi connectivity index (χ2v) is 5.90. The lowest BCUT2D eigenvalue weighted by Crippen LogP contribution is -2.33. The number of methoxy groups -OCH3 is 1. The Kier molecular flexibility index (Phi) is 4.65. The zero-order chi connectivity index (χ0) is 14.7. The lowest BCUT2D eigenvalue weighted by atomic mass is 9.92. The standard InChI is InChI=1S/C16H24N2O2/c1-11(2)14-9-18(10-15(14)17)16(19)8-12-5-4-6-13(7-12)20-3/h4-7,11,14-15H,8-10,17H2,1-3H3/t14-,15+/m1/s1. The van der Waals surface area contributed by atoms with Gasteiger partial charge in [-0.15, -0.1) is 0 Å². The van der Waals surface area contributed by atoms with Crippen LogP contribution in [0.2, 0.25) is 0 Å². The van der Waals surface area contributed by atoms with Gasteiger partial charge in [-0.25, -0.2) is 0 Å². The number of amides is 1. The Bertz CT molecular complexity index is 473. The van der Waals surface area contributed by atoms with E-state index in [1.54, 1.807) is 7.11 Å². The zero-order valence-corrected chi connectivity index (χ0v) is 12.5. The van der Waals surface area contributed by atoms with Gasteiger partial charge in [0.2, 0.25) is 5.91 Å². The SMILES string of the molecule is COc1cccc(CC(=O)N2C[C@H](C(C)C)[C@@H](N)C2)c1. The Balaban J connectivity index is 1.99. The predicted octanol–water partition coefficient (Wildman–Crippen LogP) is 1.68. The van der Waals surface area contributed by atoms with Crippen LogP contribution in [0.15, 0.2) is 24.3 Å². The molecule has 2 rings (SSSR count). The van der Waals surface area contributed by atoms with E-state index < -0.39 is 0 Å². The van der Waals surface area contributed by atoms with Gasteiger partial charge in [-0.2, -0.15) is 0 Å². The van der Waals surface area contributed by atoms with Crippen molar-refractivity contribution in [1.82, 2.24) is 4.90 Å². The summed E-state index contributed by atoms with van der Waals surface area (Å²) in [7, 11) is 1.63. The van der Waals surface area contributed by atoms with E-state index in [1.165, 1.54) is 0 Å². The monoisotopic (exact) mass is 276 g/mol. The number of rotatable bonds is 4. The second kappa shape index (κ2) is 6.27. The highest BCUT2D eigenvalue weighted by atomic mass is 16.5. The Hall–Kier alpha value is -1.55. The van der Waals surface area contributed by atoms with Gasteiger partial charge in [0.1, 0.15) is 5.75 Å². The molecule has 1 saturated heterocycles. The van der Waals surface area contributed by atoms with Crippen LogP contribution in [0.3, 0.4) is 0 Å². The summed E-state index contributed by atoms with van der Waals surface area (Å²) in [5.41, 5.74) is 7.12. The van der Waals surface area contributed by atoms with E-state index in [1.807, 2.05) is 29.2 Å². The van der Waals surface area contributed by atoms with Gasteiger partial charge in [0.15, 0.2) is 0 Å². The van der Waals surface area contributed by atoms with Crippen molar-refractivity contribution in [3.05, 3.63) is 29.8 Å². The number of carbonyl (C=O) groups is 1. The van der Waals surface area contributed by atoms with E-state index in [0.717, 1.165) is 17.9 Å². The fourth-order valence-corrected chi connectivity index (χ4v) is 2.83. The van der Waals surface area contributed by atoms with E-state index in [4.69, 9.17) is 10.5 Å². The molecule has 0 unspecified atom stereocenters. The van der Waals surface area contributed by atoms with Crippen molar-refractivity contribution in [2.45, 2.75) is 26.3 Å². The fourth-order valence-electron chi connectivity index (χ4n) is 2.83. The van der Waals surface area contributed by atoms with E-state index in [9.17, 15) is 4.79 Å². The molecule has 20 heavy (non-hydrogen) atoms. The van der Waals surface area contributed by atoms with Crippen LogP contribution in [0, 0.1) is 11.8 Å². The summed E-state index contributed by atoms with van der Waals surface area (Å²) >= 11 is 0. The number of ether oxygens (including phenoxy) is 1. The van der Waals surface area contributed by atoms with Gasteiger partial charge < -0.3 is 15.4 Å². The summed E-state index contributed by atoms with van der Waals surface area (Å²) in [5.74, 6) is 1.86. The Morgan fingerprint density at radius 2 is 2.20 bits per heavy atom. The summed E-state index contributed by atoms with van der Waals surface area (Å²) in [6.45, 7) is 5.79. The van der Waals surface area contributed by atoms with Gasteiger partial charge >= 0.3 is 0 Å². The first-order chi connectivity index (χ1) is 9.51. The van der Waals surface area contributed by atoms with Crippen molar-refractivity contribution >= 4 is 5.91 Å². The molecule has 1 aliphatic rings. The summed E-state index contributed by atoms with van der Waals surface area (Å²) in [6.07, 6.45) is 0.411. The van der Waals surface area contributed by atoms with E-state index in [0.29, 0.717) is 24.8 Å². The Morgan fingerprint density at radius 3 is 2.80 bits per heavy atom. The quantitative estimate of drug-likeness (QED) is 0.910. The van der Waals surface area contributed by atoms with E-state index in [-0.39, 0.29) is 11.9 Å². The molecular formula is C16H24N2O2. The lowest BCUT2D eigenvalue weighted by Gasteiger charge is -2.18. The molecule has 1 aliphatic heterocycles. The van der Waals surface area contributed by atoms with Crippen molar-refractivity contribution in [3.63, 3.8) is 0 Å². The fraction of sp³-hybridized carbons (Fsp3) is 0.562. The predicted molar refractivity (Wildman–Crippen MR) is 79.6 cm³/mol. The smallest absolute Gasteiger partial charge is 0.227 e. The Labute approximate surface area is 120 Å². The van der Waals surface area contributed by atoms with Gasteiger partial charge in [-0.1, -0.05) is 26.0 Å².